The highest BCUT2D eigenvalue weighted by atomic mass is 16.5. The highest BCUT2D eigenvalue weighted by Gasteiger charge is 2.06. The summed E-state index contributed by atoms with van der Waals surface area (Å²) in [5.74, 6) is 0.838. The third-order valence-corrected chi connectivity index (χ3v) is 2.84. The fraction of sp³-hybridized carbons (Fsp3) is 0.538. The summed E-state index contributed by atoms with van der Waals surface area (Å²) in [5.41, 5.74) is 7.82. The standard InChI is InChI=1S/C13H22N2O2/c1-3-15(6-7-16)10-11-4-5-12(9-14)13(8-11)17-2/h4-5,8,16H,3,6-7,9-10,14H2,1-2H3. The molecule has 0 aliphatic heterocycles. The first kappa shape index (κ1) is 14.0. The van der Waals surface area contributed by atoms with E-state index in [0.29, 0.717) is 13.1 Å². The molecule has 0 saturated carbocycles. The van der Waals surface area contributed by atoms with Crippen LogP contribution in [0.15, 0.2) is 18.2 Å². The Kier molecular flexibility index (Phi) is 5.97. The zero-order valence-corrected chi connectivity index (χ0v) is 10.6. The van der Waals surface area contributed by atoms with Gasteiger partial charge in [-0.2, -0.15) is 0 Å². The number of ether oxygens (including phenoxy) is 1. The topological polar surface area (TPSA) is 58.7 Å². The summed E-state index contributed by atoms with van der Waals surface area (Å²) in [6.45, 7) is 5.18. The molecule has 0 saturated heterocycles. The van der Waals surface area contributed by atoms with E-state index in [1.54, 1.807) is 7.11 Å². The number of methoxy groups -OCH3 is 1. The Hall–Kier alpha value is -1.10. The van der Waals surface area contributed by atoms with E-state index in [2.05, 4.69) is 17.9 Å². The molecule has 0 unspecified atom stereocenters. The summed E-state index contributed by atoms with van der Waals surface area (Å²) in [6, 6.07) is 6.08. The van der Waals surface area contributed by atoms with Crippen LogP contribution in [0.3, 0.4) is 0 Å². The molecule has 4 heteroatoms. The second-order valence-electron chi connectivity index (χ2n) is 3.94. The lowest BCUT2D eigenvalue weighted by molar-refractivity contribution is 0.196. The van der Waals surface area contributed by atoms with Gasteiger partial charge in [0.2, 0.25) is 0 Å². The van der Waals surface area contributed by atoms with Crippen molar-refractivity contribution in [3.8, 4) is 5.75 Å². The van der Waals surface area contributed by atoms with Crippen LogP contribution in [0.25, 0.3) is 0 Å². The van der Waals surface area contributed by atoms with Crippen molar-refractivity contribution in [1.82, 2.24) is 4.90 Å². The zero-order chi connectivity index (χ0) is 12.7. The van der Waals surface area contributed by atoms with Gasteiger partial charge in [-0.15, -0.1) is 0 Å². The summed E-state index contributed by atoms with van der Waals surface area (Å²) in [4.78, 5) is 2.18. The Morgan fingerprint density at radius 2 is 2.18 bits per heavy atom. The van der Waals surface area contributed by atoms with Crippen LogP contribution >= 0.6 is 0 Å². The van der Waals surface area contributed by atoms with Gasteiger partial charge in [-0.3, -0.25) is 4.90 Å². The summed E-state index contributed by atoms with van der Waals surface area (Å²) >= 11 is 0. The van der Waals surface area contributed by atoms with E-state index in [0.717, 1.165) is 24.4 Å². The van der Waals surface area contributed by atoms with E-state index in [4.69, 9.17) is 15.6 Å². The molecule has 1 aromatic rings. The number of nitrogens with zero attached hydrogens (tertiary/aromatic N) is 1. The van der Waals surface area contributed by atoms with Gasteiger partial charge in [0.25, 0.3) is 0 Å². The number of rotatable bonds is 7. The Morgan fingerprint density at radius 3 is 2.71 bits per heavy atom. The third kappa shape index (κ3) is 4.00. The average molecular weight is 238 g/mol. The minimum Gasteiger partial charge on any atom is -0.496 e. The predicted molar refractivity (Wildman–Crippen MR) is 68.9 cm³/mol. The minimum atomic E-state index is 0.186. The van der Waals surface area contributed by atoms with E-state index >= 15 is 0 Å². The second-order valence-corrected chi connectivity index (χ2v) is 3.94. The zero-order valence-electron chi connectivity index (χ0n) is 10.6. The Balaban J connectivity index is 2.77. The number of hydrogen-bond acceptors (Lipinski definition) is 4. The lowest BCUT2D eigenvalue weighted by Gasteiger charge is -2.19. The van der Waals surface area contributed by atoms with E-state index in [1.165, 1.54) is 5.56 Å². The van der Waals surface area contributed by atoms with Gasteiger partial charge in [-0.25, -0.2) is 0 Å². The average Bonchev–Trinajstić information content (AvgIpc) is 2.38. The van der Waals surface area contributed by atoms with Crippen molar-refractivity contribution in [2.75, 3.05) is 26.8 Å². The number of aliphatic hydroxyl groups excluding tert-OH is 1. The molecule has 17 heavy (non-hydrogen) atoms. The summed E-state index contributed by atoms with van der Waals surface area (Å²) in [7, 11) is 1.66. The Bertz CT molecular complexity index is 342. The van der Waals surface area contributed by atoms with Crippen molar-refractivity contribution in [2.24, 2.45) is 5.73 Å². The van der Waals surface area contributed by atoms with Crippen molar-refractivity contribution in [3.05, 3.63) is 29.3 Å². The molecule has 3 N–H and O–H groups in total. The molecule has 0 atom stereocenters. The molecule has 96 valence electrons. The van der Waals surface area contributed by atoms with E-state index in [1.807, 2.05) is 12.1 Å². The second kappa shape index (κ2) is 7.27. The monoisotopic (exact) mass is 238 g/mol. The largest absolute Gasteiger partial charge is 0.496 e. The van der Waals surface area contributed by atoms with Crippen LogP contribution in [-0.2, 0) is 13.1 Å². The van der Waals surface area contributed by atoms with Crippen LogP contribution in [-0.4, -0.2) is 36.8 Å². The molecule has 0 aliphatic carbocycles. The van der Waals surface area contributed by atoms with Gasteiger partial charge in [0.05, 0.1) is 13.7 Å². The van der Waals surface area contributed by atoms with Gasteiger partial charge in [-0.1, -0.05) is 19.1 Å². The maximum atomic E-state index is 8.95. The lowest BCUT2D eigenvalue weighted by Crippen LogP contribution is -2.26. The SMILES string of the molecule is CCN(CCO)Cc1ccc(CN)c(OC)c1. The molecule has 1 rings (SSSR count). The fourth-order valence-corrected chi connectivity index (χ4v) is 1.80. The molecular formula is C13H22N2O2. The van der Waals surface area contributed by atoms with Crippen LogP contribution in [0.5, 0.6) is 5.75 Å². The lowest BCUT2D eigenvalue weighted by atomic mass is 10.1. The van der Waals surface area contributed by atoms with Crippen molar-refractivity contribution < 1.29 is 9.84 Å². The first-order chi connectivity index (χ1) is 8.24. The quantitative estimate of drug-likeness (QED) is 0.743. The molecule has 0 radical (unpaired) electrons. The van der Waals surface area contributed by atoms with Gasteiger partial charge in [-0.05, 0) is 18.2 Å². The molecular weight excluding hydrogens is 216 g/mol. The summed E-state index contributed by atoms with van der Waals surface area (Å²) in [6.07, 6.45) is 0. The molecule has 0 amide bonds. The molecule has 4 nitrogen and oxygen atoms in total. The maximum absolute atomic E-state index is 8.95. The van der Waals surface area contributed by atoms with Gasteiger partial charge in [0, 0.05) is 25.2 Å². The van der Waals surface area contributed by atoms with Crippen LogP contribution in [0.4, 0.5) is 0 Å². The van der Waals surface area contributed by atoms with E-state index in [-0.39, 0.29) is 6.61 Å². The highest BCUT2D eigenvalue weighted by molar-refractivity contribution is 5.37. The number of benzene rings is 1. The van der Waals surface area contributed by atoms with E-state index in [9.17, 15) is 0 Å². The number of hydrogen-bond donors (Lipinski definition) is 2. The fourth-order valence-electron chi connectivity index (χ4n) is 1.80. The van der Waals surface area contributed by atoms with Crippen molar-refractivity contribution in [3.63, 3.8) is 0 Å². The number of likely N-dealkylation sites (N-methyl/N-ethyl adjacent to an activating group) is 1. The van der Waals surface area contributed by atoms with Crippen LogP contribution in [0.2, 0.25) is 0 Å². The van der Waals surface area contributed by atoms with Gasteiger partial charge < -0.3 is 15.6 Å². The highest BCUT2D eigenvalue weighted by Crippen LogP contribution is 2.20. The normalized spacial score (nSPS) is 10.9. The molecule has 1 aromatic carbocycles. The molecule has 0 aromatic heterocycles. The van der Waals surface area contributed by atoms with Crippen LogP contribution in [0, 0.1) is 0 Å². The Labute approximate surface area is 103 Å². The first-order valence-corrected chi connectivity index (χ1v) is 5.94. The number of nitrogens with two attached hydrogens (primary N) is 1. The third-order valence-electron chi connectivity index (χ3n) is 2.84. The van der Waals surface area contributed by atoms with Gasteiger partial charge in [0.1, 0.15) is 5.75 Å². The van der Waals surface area contributed by atoms with Gasteiger partial charge >= 0.3 is 0 Å². The number of aliphatic hydroxyl groups is 1. The molecule has 0 fully saturated rings. The van der Waals surface area contributed by atoms with Gasteiger partial charge in [0.15, 0.2) is 0 Å². The van der Waals surface area contributed by atoms with Crippen LogP contribution < -0.4 is 10.5 Å². The van der Waals surface area contributed by atoms with Crippen molar-refractivity contribution in [1.29, 1.82) is 0 Å². The maximum Gasteiger partial charge on any atom is 0.123 e. The van der Waals surface area contributed by atoms with Crippen molar-refractivity contribution in [2.45, 2.75) is 20.0 Å². The summed E-state index contributed by atoms with van der Waals surface area (Å²) < 4.78 is 5.30. The Morgan fingerprint density at radius 1 is 1.41 bits per heavy atom. The molecule has 0 spiro atoms. The molecule has 0 bridgehead atoms. The molecule has 0 aliphatic rings. The predicted octanol–water partition coefficient (Wildman–Crippen LogP) is 0.968. The minimum absolute atomic E-state index is 0.186. The van der Waals surface area contributed by atoms with Crippen LogP contribution in [0.1, 0.15) is 18.1 Å². The molecule has 0 heterocycles. The smallest absolute Gasteiger partial charge is 0.123 e. The van der Waals surface area contributed by atoms with Crippen molar-refractivity contribution >= 4 is 0 Å². The summed E-state index contributed by atoms with van der Waals surface area (Å²) in [5, 5.41) is 8.95. The first-order valence-electron chi connectivity index (χ1n) is 5.94. The van der Waals surface area contributed by atoms with E-state index < -0.39 is 0 Å².